The molecule has 0 atom stereocenters. The van der Waals surface area contributed by atoms with Crippen LogP contribution in [0.15, 0.2) is 27.7 Å². The number of pyridine rings is 2. The van der Waals surface area contributed by atoms with E-state index in [1.165, 1.54) is 11.3 Å². The number of hydrogen-bond donors (Lipinski definition) is 4. The van der Waals surface area contributed by atoms with Crippen molar-refractivity contribution in [2.24, 2.45) is 0 Å². The van der Waals surface area contributed by atoms with Gasteiger partial charge in [0.05, 0.1) is 16.7 Å². The summed E-state index contributed by atoms with van der Waals surface area (Å²) in [5.41, 5.74) is 10.1. The van der Waals surface area contributed by atoms with Crippen molar-refractivity contribution in [3.63, 3.8) is 0 Å². The van der Waals surface area contributed by atoms with Gasteiger partial charge in [-0.3, -0.25) is 4.79 Å². The lowest BCUT2D eigenvalue weighted by Gasteiger charge is -2.21. The summed E-state index contributed by atoms with van der Waals surface area (Å²) < 4.78 is 0. The summed E-state index contributed by atoms with van der Waals surface area (Å²) in [4.78, 5) is 27.9. The molecule has 1 aliphatic rings. The van der Waals surface area contributed by atoms with Gasteiger partial charge in [-0.2, -0.15) is 0 Å². The van der Waals surface area contributed by atoms with Crippen LogP contribution in [0.3, 0.4) is 0 Å². The molecule has 8 heteroatoms. The second-order valence-corrected chi connectivity index (χ2v) is 7.40. The third-order valence-electron chi connectivity index (χ3n) is 5.06. The van der Waals surface area contributed by atoms with Gasteiger partial charge in [0, 0.05) is 27.8 Å². The Morgan fingerprint density at radius 2 is 1.92 bits per heavy atom. The number of nitrogens with one attached hydrogen (secondary N) is 3. The quantitative estimate of drug-likeness (QED) is 0.435. The van der Waals surface area contributed by atoms with Crippen molar-refractivity contribution in [3.05, 3.63) is 38.9 Å². The number of anilines is 1. The Morgan fingerprint density at radius 1 is 1.08 bits per heavy atom. The van der Waals surface area contributed by atoms with E-state index >= 15 is 0 Å². The van der Waals surface area contributed by atoms with E-state index in [9.17, 15) is 4.79 Å². The maximum atomic E-state index is 12.5. The van der Waals surface area contributed by atoms with Crippen molar-refractivity contribution in [1.29, 1.82) is 0 Å². The van der Waals surface area contributed by atoms with Crippen molar-refractivity contribution in [2.45, 2.75) is 18.8 Å². The Kier molecular flexibility index (Phi) is 3.54. The molecule has 0 aromatic carbocycles. The van der Waals surface area contributed by atoms with Crippen LogP contribution in [0.25, 0.3) is 33.5 Å². The maximum absolute atomic E-state index is 12.5. The lowest BCUT2D eigenvalue weighted by molar-refractivity contribution is 0.454. The first-order valence-electron chi connectivity index (χ1n) is 8.66. The first-order valence-corrected chi connectivity index (χ1v) is 9.60. The van der Waals surface area contributed by atoms with Gasteiger partial charge in [0.25, 0.3) is 5.56 Å². The predicted molar refractivity (Wildman–Crippen MR) is 105 cm³/mol. The second-order valence-electron chi connectivity index (χ2n) is 6.66. The van der Waals surface area contributed by atoms with Gasteiger partial charge in [0.15, 0.2) is 5.65 Å². The van der Waals surface area contributed by atoms with Gasteiger partial charge in [-0.25, -0.2) is 9.97 Å². The average Bonchev–Trinajstić information content (AvgIpc) is 3.28. The van der Waals surface area contributed by atoms with Crippen LogP contribution in [0.4, 0.5) is 5.69 Å². The minimum absolute atomic E-state index is 0.244. The summed E-state index contributed by atoms with van der Waals surface area (Å²) in [6.07, 6.45) is 2.16. The summed E-state index contributed by atoms with van der Waals surface area (Å²) in [6, 6.07) is 4.04. The number of nitrogens with two attached hydrogens (primary N) is 1. The fraction of sp³-hybridized carbons (Fsp3) is 0.278. The molecule has 7 nitrogen and oxygen atoms in total. The molecule has 5 heterocycles. The molecular formula is C18H18N6OS. The highest BCUT2D eigenvalue weighted by Gasteiger charge is 2.19. The lowest BCUT2D eigenvalue weighted by Crippen LogP contribution is -2.27. The molecule has 0 amide bonds. The number of fused-ring (bicyclic) bond motifs is 2. The number of aromatic amines is 2. The van der Waals surface area contributed by atoms with Crippen molar-refractivity contribution < 1.29 is 0 Å². The van der Waals surface area contributed by atoms with Crippen molar-refractivity contribution in [2.75, 3.05) is 18.8 Å². The molecule has 0 unspecified atom stereocenters. The van der Waals surface area contributed by atoms with Crippen LogP contribution in [-0.2, 0) is 0 Å². The zero-order chi connectivity index (χ0) is 17.7. The van der Waals surface area contributed by atoms with Crippen molar-refractivity contribution in [3.8, 4) is 11.4 Å². The topological polar surface area (TPSA) is 112 Å². The molecule has 0 spiro atoms. The summed E-state index contributed by atoms with van der Waals surface area (Å²) in [7, 11) is 0. The van der Waals surface area contributed by atoms with Crippen molar-refractivity contribution >= 4 is 39.1 Å². The standard InChI is InChI=1S/C18H18N6OS/c19-15-10-7-26-8-13(10)23-18(25)14(15)17-22-12-2-1-11(21-16(12)24-17)9-3-5-20-6-4-9/h1-2,7-9,20H,3-6,19H2,(H,23,25)(H,21,22,24). The smallest absolute Gasteiger partial charge is 0.261 e. The second kappa shape index (κ2) is 5.93. The predicted octanol–water partition coefficient (Wildman–Crippen LogP) is 2.58. The third-order valence-corrected chi connectivity index (χ3v) is 5.80. The Labute approximate surface area is 152 Å². The minimum atomic E-state index is -0.244. The first-order chi connectivity index (χ1) is 12.7. The molecule has 0 bridgehead atoms. The van der Waals surface area contributed by atoms with Gasteiger partial charge in [-0.1, -0.05) is 0 Å². The lowest BCUT2D eigenvalue weighted by atomic mass is 9.94. The molecule has 0 saturated carbocycles. The van der Waals surface area contributed by atoms with Gasteiger partial charge < -0.3 is 21.0 Å². The van der Waals surface area contributed by atoms with Crippen LogP contribution < -0.4 is 16.6 Å². The van der Waals surface area contributed by atoms with Crippen LogP contribution >= 0.6 is 11.3 Å². The number of nitrogens with zero attached hydrogens (tertiary/aromatic N) is 2. The van der Waals surface area contributed by atoms with E-state index in [-0.39, 0.29) is 5.56 Å². The molecule has 5 N–H and O–H groups in total. The summed E-state index contributed by atoms with van der Waals surface area (Å²) in [5, 5.41) is 8.02. The Hall–Kier alpha value is -2.71. The maximum Gasteiger partial charge on any atom is 0.261 e. The molecule has 1 fully saturated rings. The van der Waals surface area contributed by atoms with Gasteiger partial charge in [0.1, 0.15) is 11.4 Å². The molecular weight excluding hydrogens is 348 g/mol. The van der Waals surface area contributed by atoms with Crippen LogP contribution in [-0.4, -0.2) is 33.0 Å². The van der Waals surface area contributed by atoms with E-state index in [1.54, 1.807) is 0 Å². The third kappa shape index (κ3) is 2.41. The number of aromatic nitrogens is 4. The van der Waals surface area contributed by atoms with Gasteiger partial charge >= 0.3 is 0 Å². The fourth-order valence-electron chi connectivity index (χ4n) is 3.65. The molecule has 132 valence electrons. The molecule has 26 heavy (non-hydrogen) atoms. The summed E-state index contributed by atoms with van der Waals surface area (Å²) >= 11 is 1.50. The minimum Gasteiger partial charge on any atom is -0.397 e. The van der Waals surface area contributed by atoms with Crippen LogP contribution in [0.5, 0.6) is 0 Å². The number of hydrogen-bond acceptors (Lipinski definition) is 6. The number of thiophene rings is 1. The normalized spacial score (nSPS) is 15.8. The van der Waals surface area contributed by atoms with Crippen LogP contribution in [0.2, 0.25) is 0 Å². The largest absolute Gasteiger partial charge is 0.397 e. The Morgan fingerprint density at radius 3 is 2.77 bits per heavy atom. The molecule has 1 saturated heterocycles. The Balaban J connectivity index is 1.63. The van der Waals surface area contributed by atoms with Crippen molar-refractivity contribution in [1.82, 2.24) is 25.3 Å². The van der Waals surface area contributed by atoms with Crippen LogP contribution in [0, 0.1) is 0 Å². The highest BCUT2D eigenvalue weighted by molar-refractivity contribution is 7.09. The zero-order valence-corrected chi connectivity index (χ0v) is 14.8. The zero-order valence-electron chi connectivity index (χ0n) is 14.0. The number of rotatable bonds is 2. The van der Waals surface area contributed by atoms with E-state index < -0.39 is 0 Å². The van der Waals surface area contributed by atoms with E-state index in [1.807, 2.05) is 16.8 Å². The summed E-state index contributed by atoms with van der Waals surface area (Å²) in [5.74, 6) is 0.915. The number of imidazole rings is 1. The van der Waals surface area contributed by atoms with Crippen LogP contribution in [0.1, 0.15) is 24.5 Å². The molecule has 0 radical (unpaired) electrons. The van der Waals surface area contributed by atoms with Gasteiger partial charge in [0.2, 0.25) is 0 Å². The van der Waals surface area contributed by atoms with E-state index in [4.69, 9.17) is 10.7 Å². The monoisotopic (exact) mass is 366 g/mol. The highest BCUT2D eigenvalue weighted by Crippen LogP contribution is 2.30. The van der Waals surface area contributed by atoms with E-state index in [0.29, 0.717) is 28.6 Å². The average molecular weight is 366 g/mol. The molecule has 0 aliphatic carbocycles. The van der Waals surface area contributed by atoms with Gasteiger partial charge in [-0.05, 0) is 38.1 Å². The highest BCUT2D eigenvalue weighted by atomic mass is 32.1. The van der Waals surface area contributed by atoms with E-state index in [2.05, 4.69) is 26.3 Å². The van der Waals surface area contributed by atoms with Gasteiger partial charge in [-0.15, -0.1) is 11.3 Å². The fourth-order valence-corrected chi connectivity index (χ4v) is 4.43. The Bertz CT molecular complexity index is 1170. The summed E-state index contributed by atoms with van der Waals surface area (Å²) in [6.45, 7) is 2.03. The first kappa shape index (κ1) is 15.5. The number of nitrogen functional groups attached to an aromatic ring is 1. The molecule has 4 aromatic heterocycles. The molecule has 4 aromatic rings. The van der Waals surface area contributed by atoms with E-state index in [0.717, 1.165) is 48.0 Å². The SMILES string of the molecule is Nc1c(-c2nc3nc(C4CCNCC4)ccc3[nH]2)c(=O)[nH]c2cscc12. The number of piperidine rings is 1. The number of H-pyrrole nitrogens is 2. The molecule has 5 rings (SSSR count). The molecule has 1 aliphatic heterocycles.